The summed E-state index contributed by atoms with van der Waals surface area (Å²) in [4.78, 5) is 7.84. The van der Waals surface area contributed by atoms with Crippen LogP contribution in [0.3, 0.4) is 0 Å². The lowest BCUT2D eigenvalue weighted by molar-refractivity contribution is 0.332. The standard InChI is InChI=1S/C76H86BN3O2/c1-69(2,3)45-24-30-63-50(37-45)67-68(82-63)77-57-43-55-56(76(17,18)36-35-75(55,15)16)44-60(57)78(47-25-27-51-53(39-47)73(11,12)33-31-71(51,7)8)61-41-49(79-58-21-19-20-22-64(58)81-65-38-46(70(4,5)6)23-29-59(65)79)42-62(66(61)77)80(67)48-26-28-52-54(40-48)74(13,14)34-32-72(52,9)10/h19-30,37-44H,31-36H2,1-18H3. The average Bonchev–Trinajstić information content (AvgIpc) is 2.14. The zero-order valence-corrected chi connectivity index (χ0v) is 52.5. The van der Waals surface area contributed by atoms with Crippen molar-refractivity contribution in [3.8, 4) is 11.5 Å². The summed E-state index contributed by atoms with van der Waals surface area (Å²) < 4.78 is 14.7. The molecule has 0 saturated carbocycles. The van der Waals surface area contributed by atoms with E-state index < -0.39 is 0 Å². The summed E-state index contributed by atoms with van der Waals surface area (Å²) in [7, 11) is 0. The Morgan fingerprint density at radius 1 is 0.390 bits per heavy atom. The van der Waals surface area contributed by atoms with Gasteiger partial charge in [0, 0.05) is 33.8 Å². The summed E-state index contributed by atoms with van der Waals surface area (Å²) >= 11 is 0. The van der Waals surface area contributed by atoms with E-state index in [2.05, 4.69) is 261 Å². The number of para-hydroxylation sites is 2. The molecule has 0 radical (unpaired) electrons. The lowest BCUT2D eigenvalue weighted by Crippen LogP contribution is -2.61. The molecule has 0 bridgehead atoms. The van der Waals surface area contributed by atoms with E-state index in [1.807, 2.05) is 0 Å². The quantitative estimate of drug-likeness (QED) is 0.165. The van der Waals surface area contributed by atoms with Gasteiger partial charge in [-0.1, -0.05) is 167 Å². The zero-order valence-electron chi connectivity index (χ0n) is 52.5. The molecule has 3 aliphatic carbocycles. The number of nitrogens with zero attached hydrogens (tertiary/aromatic N) is 3. The third kappa shape index (κ3) is 7.84. The first kappa shape index (κ1) is 53.4. The normalized spacial score (nSPS) is 19.9. The smallest absolute Gasteiger partial charge is 0.297 e. The number of benzene rings is 7. The first-order chi connectivity index (χ1) is 38.3. The van der Waals surface area contributed by atoms with Gasteiger partial charge in [-0.2, -0.15) is 0 Å². The third-order valence-corrected chi connectivity index (χ3v) is 21.3. The van der Waals surface area contributed by atoms with Crippen LogP contribution in [0.1, 0.15) is 208 Å². The van der Waals surface area contributed by atoms with Crippen LogP contribution in [-0.4, -0.2) is 6.71 Å². The average molecular weight is 1080 g/mol. The fraction of sp³-hybridized carbons (Fsp3) is 0.421. The largest absolute Gasteiger partial charge is 0.468 e. The maximum atomic E-state index is 7.70. The van der Waals surface area contributed by atoms with Crippen molar-refractivity contribution in [3.05, 3.63) is 166 Å². The summed E-state index contributed by atoms with van der Waals surface area (Å²) in [5.74, 6) is 1.71. The van der Waals surface area contributed by atoms with Gasteiger partial charge < -0.3 is 23.9 Å². The highest BCUT2D eigenvalue weighted by molar-refractivity contribution is 7.00. The molecule has 0 fully saturated rings. The molecule has 0 amide bonds. The number of furan rings is 1. The van der Waals surface area contributed by atoms with Crippen molar-refractivity contribution in [2.45, 2.75) is 206 Å². The minimum atomic E-state index is -0.215. The summed E-state index contributed by atoms with van der Waals surface area (Å²) in [5, 5.41) is 1.15. The minimum absolute atomic E-state index is 0.00103. The zero-order chi connectivity index (χ0) is 58.0. The Labute approximate surface area is 490 Å². The molecule has 0 unspecified atom stereocenters. The molecule has 3 aliphatic heterocycles. The van der Waals surface area contributed by atoms with Crippen LogP contribution < -0.4 is 36.0 Å². The molecule has 6 aliphatic rings. The predicted octanol–water partition coefficient (Wildman–Crippen LogP) is 19.7. The Kier molecular flexibility index (Phi) is 11.1. The number of fused-ring (bicyclic) bond motifs is 11. The summed E-state index contributed by atoms with van der Waals surface area (Å²) in [6.45, 7) is 43.3. The molecule has 420 valence electrons. The second-order valence-electron chi connectivity index (χ2n) is 31.8. The van der Waals surface area contributed by atoms with Gasteiger partial charge >= 0.3 is 0 Å². The van der Waals surface area contributed by atoms with Crippen LogP contribution in [0, 0.1) is 0 Å². The van der Waals surface area contributed by atoms with Crippen LogP contribution in [0.15, 0.2) is 126 Å². The summed E-state index contributed by atoms with van der Waals surface area (Å²) in [6, 6.07) is 48.0. The molecule has 0 N–H and O–H groups in total. The SMILES string of the molecule is CC(C)(C)c1ccc2c(c1)Oc1ccccc1N2c1cc2c3c(c1)N(c1ccc4c(c1)C(C)(C)CCC4(C)C)c1c(oc4ccc(C(C)(C)C)cc14)B3c1cc3c(cc1N2c1ccc2c(c1)C(C)(C)CCC2(C)C)C(C)(C)CCC3(C)C. The molecule has 0 spiro atoms. The van der Waals surface area contributed by atoms with Crippen molar-refractivity contribution in [3.63, 3.8) is 0 Å². The maximum absolute atomic E-state index is 7.70. The van der Waals surface area contributed by atoms with Gasteiger partial charge in [-0.3, -0.25) is 0 Å². The van der Waals surface area contributed by atoms with Crippen molar-refractivity contribution in [1.29, 1.82) is 0 Å². The number of ether oxygens (including phenoxy) is 1. The van der Waals surface area contributed by atoms with Crippen LogP contribution in [0.25, 0.3) is 11.0 Å². The summed E-state index contributed by atoms with van der Waals surface area (Å²) in [5.41, 5.74) is 25.9. The van der Waals surface area contributed by atoms with Crippen molar-refractivity contribution in [2.24, 2.45) is 0 Å². The Balaban J connectivity index is 1.16. The Morgan fingerprint density at radius 3 is 1.43 bits per heavy atom. The maximum Gasteiger partial charge on any atom is 0.297 e. The molecule has 5 nitrogen and oxygen atoms in total. The van der Waals surface area contributed by atoms with Crippen LogP contribution in [0.2, 0.25) is 0 Å². The molecule has 82 heavy (non-hydrogen) atoms. The van der Waals surface area contributed by atoms with Gasteiger partial charge in [0.05, 0.1) is 28.4 Å². The topological polar surface area (TPSA) is 32.1 Å². The molecular weight excluding hydrogens is 998 g/mol. The van der Waals surface area contributed by atoms with Crippen LogP contribution in [0.4, 0.5) is 51.2 Å². The van der Waals surface area contributed by atoms with Crippen LogP contribution >= 0.6 is 0 Å². The number of hydrogen-bond acceptors (Lipinski definition) is 5. The highest BCUT2D eigenvalue weighted by Crippen LogP contribution is 2.58. The molecule has 1 aromatic heterocycles. The predicted molar refractivity (Wildman–Crippen MR) is 348 cm³/mol. The molecule has 0 saturated heterocycles. The fourth-order valence-electron chi connectivity index (χ4n) is 15.6. The number of anilines is 9. The lowest BCUT2D eigenvalue weighted by atomic mass is 9.35. The first-order valence-electron chi connectivity index (χ1n) is 30.9. The van der Waals surface area contributed by atoms with E-state index in [0.29, 0.717) is 0 Å². The van der Waals surface area contributed by atoms with Crippen LogP contribution in [-0.2, 0) is 43.3 Å². The molecule has 8 aromatic rings. The van der Waals surface area contributed by atoms with E-state index in [1.54, 1.807) is 0 Å². The number of hydrogen-bond donors (Lipinski definition) is 0. The van der Waals surface area contributed by atoms with Gasteiger partial charge in [0.1, 0.15) is 5.58 Å². The van der Waals surface area contributed by atoms with E-state index in [0.717, 1.165) is 95.1 Å². The second-order valence-corrected chi connectivity index (χ2v) is 31.8. The fourth-order valence-corrected chi connectivity index (χ4v) is 15.6. The third-order valence-electron chi connectivity index (χ3n) is 21.3. The minimum Gasteiger partial charge on any atom is -0.468 e. The van der Waals surface area contributed by atoms with Crippen molar-refractivity contribution >= 4 is 85.5 Å². The Bertz CT molecular complexity index is 4030. The lowest BCUT2D eigenvalue weighted by Gasteiger charge is -2.48. The Morgan fingerprint density at radius 2 is 0.854 bits per heavy atom. The van der Waals surface area contributed by atoms with E-state index in [-0.39, 0.29) is 50.0 Å². The van der Waals surface area contributed by atoms with Gasteiger partial charge in [-0.05, 0) is 216 Å². The van der Waals surface area contributed by atoms with E-state index in [4.69, 9.17) is 9.15 Å². The summed E-state index contributed by atoms with van der Waals surface area (Å²) in [6.07, 6.45) is 6.84. The molecule has 7 aromatic carbocycles. The highest BCUT2D eigenvalue weighted by atomic mass is 16.5. The van der Waals surface area contributed by atoms with Crippen molar-refractivity contribution in [1.82, 2.24) is 0 Å². The van der Waals surface area contributed by atoms with Gasteiger partial charge in [0.15, 0.2) is 11.5 Å². The highest BCUT2D eigenvalue weighted by Gasteiger charge is 2.51. The van der Waals surface area contributed by atoms with E-state index >= 15 is 0 Å². The van der Waals surface area contributed by atoms with Gasteiger partial charge in [0.2, 0.25) is 0 Å². The van der Waals surface area contributed by atoms with E-state index in [1.165, 1.54) is 78.2 Å². The van der Waals surface area contributed by atoms with Gasteiger partial charge in [0.25, 0.3) is 6.71 Å². The first-order valence-corrected chi connectivity index (χ1v) is 30.9. The van der Waals surface area contributed by atoms with Gasteiger partial charge in [-0.25, -0.2) is 0 Å². The monoisotopic (exact) mass is 1080 g/mol. The molecule has 0 atom stereocenters. The Hall–Kier alpha value is -6.66. The molecular formula is C76H86BN3O2. The molecule has 14 rings (SSSR count). The number of rotatable bonds is 3. The molecule has 4 heterocycles. The van der Waals surface area contributed by atoms with Crippen molar-refractivity contribution < 1.29 is 9.15 Å². The molecule has 6 heteroatoms. The van der Waals surface area contributed by atoms with E-state index in [9.17, 15) is 0 Å². The van der Waals surface area contributed by atoms with Crippen molar-refractivity contribution in [2.75, 3.05) is 14.7 Å². The second kappa shape index (κ2) is 17.0. The van der Waals surface area contributed by atoms with Crippen LogP contribution in [0.5, 0.6) is 11.5 Å². The van der Waals surface area contributed by atoms with Gasteiger partial charge in [-0.15, -0.1) is 0 Å².